The molecule has 7 nitrogen and oxygen atoms in total. The molecule has 0 saturated carbocycles. The summed E-state index contributed by atoms with van der Waals surface area (Å²) in [6.07, 6.45) is 3.39. The van der Waals surface area contributed by atoms with Crippen LogP contribution in [0, 0.1) is 0 Å². The Morgan fingerprint density at radius 3 is 2.52 bits per heavy atom. The second kappa shape index (κ2) is 5.23. The fourth-order valence-corrected chi connectivity index (χ4v) is 3.71. The van der Waals surface area contributed by atoms with Crippen LogP contribution < -0.4 is 0 Å². The average molecular weight is 337 g/mol. The molecule has 1 saturated heterocycles. The fourth-order valence-electron chi connectivity index (χ4n) is 3.07. The molecule has 1 aliphatic heterocycles. The zero-order chi connectivity index (χ0) is 16.8. The first-order valence-corrected chi connectivity index (χ1v) is 9.25. The second-order valence-electron chi connectivity index (χ2n) is 6.30. The fraction of sp³-hybridized carbons (Fsp3) is 0.467. The Morgan fingerprint density at radius 2 is 1.96 bits per heavy atom. The van der Waals surface area contributed by atoms with Gasteiger partial charge in [-0.1, -0.05) is 0 Å². The van der Waals surface area contributed by atoms with Crippen molar-refractivity contribution in [2.24, 2.45) is 0 Å². The first kappa shape index (κ1) is 15.8. The van der Waals surface area contributed by atoms with Crippen molar-refractivity contribution in [2.45, 2.75) is 30.2 Å². The molecule has 124 valence electrons. The molecule has 0 radical (unpaired) electrons. The smallest absolute Gasteiger partial charge is 0.407 e. The van der Waals surface area contributed by atoms with Gasteiger partial charge in [-0.25, -0.2) is 18.2 Å². The zero-order valence-corrected chi connectivity index (χ0v) is 13.9. The summed E-state index contributed by atoms with van der Waals surface area (Å²) in [5, 5.41) is 9.07. The second-order valence-corrected chi connectivity index (χ2v) is 8.32. The maximum Gasteiger partial charge on any atom is 0.407 e. The molecule has 1 amide bonds. The number of fused-ring (bicyclic) bond motifs is 1. The number of hydrogen-bond acceptors (Lipinski definition) is 4. The Hall–Kier alpha value is -2.09. The summed E-state index contributed by atoms with van der Waals surface area (Å²) in [4.78, 5) is 17.1. The molecule has 2 heterocycles. The van der Waals surface area contributed by atoms with Crippen LogP contribution in [0.1, 0.15) is 19.8 Å². The Labute approximate surface area is 134 Å². The van der Waals surface area contributed by atoms with E-state index >= 15 is 0 Å². The van der Waals surface area contributed by atoms with Crippen molar-refractivity contribution < 1.29 is 18.3 Å². The van der Waals surface area contributed by atoms with Gasteiger partial charge in [0.2, 0.25) is 0 Å². The molecule has 1 aromatic carbocycles. The van der Waals surface area contributed by atoms with Crippen molar-refractivity contribution in [3.05, 3.63) is 24.5 Å². The molecule has 1 aromatic heterocycles. The molecular formula is C15H19N3O4S. The van der Waals surface area contributed by atoms with Gasteiger partial charge in [-0.2, -0.15) is 0 Å². The van der Waals surface area contributed by atoms with Crippen LogP contribution in [0.5, 0.6) is 0 Å². The van der Waals surface area contributed by atoms with E-state index in [1.54, 1.807) is 24.5 Å². The Balaban J connectivity index is 1.96. The van der Waals surface area contributed by atoms with E-state index in [2.05, 4.69) is 11.9 Å². The van der Waals surface area contributed by atoms with E-state index in [0.29, 0.717) is 31.4 Å². The van der Waals surface area contributed by atoms with E-state index in [1.165, 1.54) is 11.2 Å². The van der Waals surface area contributed by atoms with Gasteiger partial charge in [0.05, 0.1) is 22.3 Å². The average Bonchev–Trinajstić information content (AvgIpc) is 2.90. The minimum Gasteiger partial charge on any atom is -0.465 e. The van der Waals surface area contributed by atoms with Crippen molar-refractivity contribution >= 4 is 27.0 Å². The molecule has 0 spiro atoms. The van der Waals surface area contributed by atoms with Crippen LogP contribution in [0.2, 0.25) is 0 Å². The molecule has 0 aliphatic carbocycles. The molecule has 8 heteroatoms. The summed E-state index contributed by atoms with van der Waals surface area (Å²) >= 11 is 0. The molecule has 0 unspecified atom stereocenters. The van der Waals surface area contributed by atoms with E-state index in [4.69, 9.17) is 5.11 Å². The molecule has 23 heavy (non-hydrogen) atoms. The highest BCUT2D eigenvalue weighted by atomic mass is 32.2. The Morgan fingerprint density at radius 1 is 1.30 bits per heavy atom. The number of carboxylic acid groups (broad SMARTS) is 1. The lowest BCUT2D eigenvalue weighted by Crippen LogP contribution is -2.45. The summed E-state index contributed by atoms with van der Waals surface area (Å²) in [5.74, 6) is 0. The monoisotopic (exact) mass is 337 g/mol. The normalized spacial score (nSPS) is 18.3. The van der Waals surface area contributed by atoms with E-state index in [0.717, 1.165) is 5.52 Å². The maximum atomic E-state index is 11.7. The number of sulfone groups is 1. The van der Waals surface area contributed by atoms with Crippen LogP contribution in [0.4, 0.5) is 4.79 Å². The zero-order valence-electron chi connectivity index (χ0n) is 13.1. The van der Waals surface area contributed by atoms with Crippen LogP contribution >= 0.6 is 0 Å². The maximum absolute atomic E-state index is 11.7. The number of piperidine rings is 1. The highest BCUT2D eigenvalue weighted by Crippen LogP contribution is 2.33. The van der Waals surface area contributed by atoms with E-state index in [1.807, 2.05) is 4.57 Å². The van der Waals surface area contributed by atoms with Crippen molar-refractivity contribution in [1.29, 1.82) is 0 Å². The minimum atomic E-state index is -3.26. The van der Waals surface area contributed by atoms with E-state index in [9.17, 15) is 13.2 Å². The highest BCUT2D eigenvalue weighted by molar-refractivity contribution is 7.90. The largest absolute Gasteiger partial charge is 0.465 e. The van der Waals surface area contributed by atoms with Crippen LogP contribution in [0.15, 0.2) is 29.4 Å². The van der Waals surface area contributed by atoms with Gasteiger partial charge in [0.15, 0.2) is 9.84 Å². The molecule has 1 aliphatic rings. The van der Waals surface area contributed by atoms with E-state index in [-0.39, 0.29) is 10.4 Å². The first-order valence-electron chi connectivity index (χ1n) is 7.36. The van der Waals surface area contributed by atoms with Gasteiger partial charge in [0.25, 0.3) is 0 Å². The number of rotatable bonds is 2. The lowest BCUT2D eigenvalue weighted by atomic mass is 9.89. The van der Waals surface area contributed by atoms with Crippen LogP contribution in [-0.2, 0) is 15.4 Å². The number of likely N-dealkylation sites (tertiary alicyclic amines) is 1. The number of hydrogen-bond donors (Lipinski definition) is 1. The van der Waals surface area contributed by atoms with Gasteiger partial charge in [-0.15, -0.1) is 0 Å². The van der Waals surface area contributed by atoms with Crippen LogP contribution in [0.25, 0.3) is 11.0 Å². The van der Waals surface area contributed by atoms with Gasteiger partial charge >= 0.3 is 6.09 Å². The third kappa shape index (κ3) is 2.78. The summed E-state index contributed by atoms with van der Waals surface area (Å²) < 4.78 is 25.3. The highest BCUT2D eigenvalue weighted by Gasteiger charge is 2.34. The van der Waals surface area contributed by atoms with E-state index < -0.39 is 15.9 Å². The van der Waals surface area contributed by atoms with Gasteiger partial charge < -0.3 is 14.6 Å². The molecule has 2 aromatic rings. The minimum absolute atomic E-state index is 0.229. The van der Waals surface area contributed by atoms with Gasteiger partial charge in [0, 0.05) is 24.9 Å². The lowest BCUT2D eigenvalue weighted by Gasteiger charge is -2.39. The number of aromatic nitrogens is 2. The summed E-state index contributed by atoms with van der Waals surface area (Å²) in [6.45, 7) is 3.04. The lowest BCUT2D eigenvalue weighted by molar-refractivity contribution is 0.102. The number of amides is 1. The number of imidazole rings is 1. The molecule has 0 bridgehead atoms. The van der Waals surface area contributed by atoms with Crippen LogP contribution in [-0.4, -0.2) is 53.4 Å². The third-order valence-corrected chi connectivity index (χ3v) is 5.75. The van der Waals surface area contributed by atoms with Gasteiger partial charge in [0.1, 0.15) is 0 Å². The number of nitrogens with zero attached hydrogens (tertiary/aromatic N) is 3. The van der Waals surface area contributed by atoms with Crippen molar-refractivity contribution in [3.63, 3.8) is 0 Å². The summed E-state index contributed by atoms with van der Waals surface area (Å²) in [7, 11) is -3.26. The Bertz CT molecular complexity index is 864. The van der Waals surface area contributed by atoms with Gasteiger partial charge in [-0.3, -0.25) is 0 Å². The van der Waals surface area contributed by atoms with Crippen LogP contribution in [0.3, 0.4) is 0 Å². The molecular weight excluding hydrogens is 318 g/mol. The van der Waals surface area contributed by atoms with Gasteiger partial charge in [-0.05, 0) is 38.0 Å². The van der Waals surface area contributed by atoms with Crippen molar-refractivity contribution in [2.75, 3.05) is 19.3 Å². The predicted octanol–water partition coefficient (Wildman–Crippen LogP) is 1.93. The first-order chi connectivity index (χ1) is 10.7. The predicted molar refractivity (Wildman–Crippen MR) is 85.3 cm³/mol. The van der Waals surface area contributed by atoms with Crippen molar-refractivity contribution in [1.82, 2.24) is 14.5 Å². The Kier molecular flexibility index (Phi) is 3.59. The molecule has 1 N–H and O–H groups in total. The van der Waals surface area contributed by atoms with Crippen molar-refractivity contribution in [3.8, 4) is 0 Å². The standard InChI is InChI=1S/C15H19N3O4S/c1-15(5-7-17(8-6-15)14(19)20)18-10-16-12-9-11(23(2,21)22)3-4-13(12)18/h3-4,9-10H,5-8H2,1-2H3,(H,19,20). The summed E-state index contributed by atoms with van der Waals surface area (Å²) in [6, 6.07) is 4.94. The number of benzene rings is 1. The molecule has 1 fully saturated rings. The quantitative estimate of drug-likeness (QED) is 0.904. The topological polar surface area (TPSA) is 92.5 Å². The SMILES string of the molecule is CC1(n2cnc3cc(S(C)(=O)=O)ccc32)CCN(C(=O)O)CC1. The third-order valence-electron chi connectivity index (χ3n) is 4.64. The summed E-state index contributed by atoms with van der Waals surface area (Å²) in [5.41, 5.74) is 1.27. The number of carbonyl (C=O) groups is 1. The molecule has 0 atom stereocenters. The molecule has 3 rings (SSSR count).